The lowest BCUT2D eigenvalue weighted by atomic mass is 10.1. The summed E-state index contributed by atoms with van der Waals surface area (Å²) in [6.45, 7) is -0.0403. The van der Waals surface area contributed by atoms with Crippen LogP contribution in [0.3, 0.4) is 0 Å². The summed E-state index contributed by atoms with van der Waals surface area (Å²) in [4.78, 5) is 19.1. The number of nitrogens with zero attached hydrogens (tertiary/aromatic N) is 3. The quantitative estimate of drug-likeness (QED) is 0.269. The lowest BCUT2D eigenvalue weighted by molar-refractivity contribution is -0.137. The number of aromatic nitrogens is 2. The van der Waals surface area contributed by atoms with E-state index in [9.17, 15) is 23.2 Å². The van der Waals surface area contributed by atoms with Crippen molar-refractivity contribution in [2.45, 2.75) is 12.8 Å². The van der Waals surface area contributed by atoms with E-state index in [2.05, 4.69) is 20.5 Å². The minimum Gasteiger partial charge on any atom is -0.489 e. The first kappa shape index (κ1) is 24.2. The van der Waals surface area contributed by atoms with Crippen LogP contribution in [0.25, 0.3) is 11.3 Å². The Labute approximate surface area is 203 Å². The number of nitriles is 1. The lowest BCUT2D eigenvalue weighted by Crippen LogP contribution is -2.16. The molecule has 180 valence electrons. The van der Waals surface area contributed by atoms with Gasteiger partial charge >= 0.3 is 6.18 Å². The first-order valence-corrected chi connectivity index (χ1v) is 10.6. The van der Waals surface area contributed by atoms with Gasteiger partial charge in [-0.15, -0.1) is 0 Å². The monoisotopic (exact) mass is 489 g/mol. The molecule has 0 saturated carbocycles. The van der Waals surface area contributed by atoms with Crippen molar-refractivity contribution in [3.63, 3.8) is 0 Å². The van der Waals surface area contributed by atoms with Crippen molar-refractivity contribution in [2.75, 3.05) is 5.43 Å². The van der Waals surface area contributed by atoms with Crippen LogP contribution in [0.4, 0.5) is 19.1 Å². The van der Waals surface area contributed by atoms with Crippen LogP contribution in [0.15, 0.2) is 88.8 Å². The molecule has 4 rings (SSSR count). The Balaban J connectivity index is 1.45. The number of hydrogen-bond acceptors (Lipinski definition) is 6. The number of hydrazone groups is 1. The number of aromatic amines is 1. The predicted octanol–water partition coefficient (Wildman–Crippen LogP) is 5.35. The van der Waals surface area contributed by atoms with Crippen molar-refractivity contribution >= 4 is 12.2 Å². The van der Waals surface area contributed by atoms with Gasteiger partial charge in [-0.2, -0.15) is 23.5 Å². The average molecular weight is 489 g/mol. The number of benzene rings is 3. The van der Waals surface area contributed by atoms with Gasteiger partial charge in [-0.3, -0.25) is 9.78 Å². The first-order valence-electron chi connectivity index (χ1n) is 10.6. The summed E-state index contributed by atoms with van der Waals surface area (Å²) < 4.78 is 44.3. The highest BCUT2D eigenvalue weighted by Crippen LogP contribution is 2.29. The Kier molecular flexibility index (Phi) is 7.11. The average Bonchev–Trinajstić information content (AvgIpc) is 2.88. The van der Waals surface area contributed by atoms with Gasteiger partial charge in [-0.1, -0.05) is 54.6 Å². The zero-order chi connectivity index (χ0) is 25.5. The molecule has 0 unspecified atom stereocenters. The van der Waals surface area contributed by atoms with Gasteiger partial charge in [0.25, 0.3) is 5.56 Å². The second-order valence-electron chi connectivity index (χ2n) is 7.55. The van der Waals surface area contributed by atoms with Crippen molar-refractivity contribution in [2.24, 2.45) is 5.10 Å². The molecule has 36 heavy (non-hydrogen) atoms. The molecule has 0 aliphatic rings. The van der Waals surface area contributed by atoms with E-state index in [0.29, 0.717) is 22.4 Å². The Hall–Kier alpha value is -4.91. The highest BCUT2D eigenvalue weighted by molar-refractivity contribution is 5.80. The normalized spacial score (nSPS) is 11.3. The first-order chi connectivity index (χ1) is 17.3. The molecule has 0 bridgehead atoms. The molecule has 3 aromatic carbocycles. The number of H-pyrrole nitrogens is 1. The largest absolute Gasteiger partial charge is 0.489 e. The molecule has 0 spiro atoms. The van der Waals surface area contributed by atoms with Crippen molar-refractivity contribution in [3.8, 4) is 23.1 Å². The Bertz CT molecular complexity index is 1490. The summed E-state index contributed by atoms with van der Waals surface area (Å²) in [6, 6.07) is 22.4. The maximum Gasteiger partial charge on any atom is 0.416 e. The molecule has 0 radical (unpaired) electrons. The Morgan fingerprint density at radius 3 is 2.58 bits per heavy atom. The van der Waals surface area contributed by atoms with Crippen molar-refractivity contribution in [3.05, 3.63) is 111 Å². The predicted molar refractivity (Wildman–Crippen MR) is 128 cm³/mol. The van der Waals surface area contributed by atoms with Crippen LogP contribution in [-0.4, -0.2) is 16.2 Å². The number of hydrogen-bond donors (Lipinski definition) is 2. The van der Waals surface area contributed by atoms with Crippen LogP contribution in [0.1, 0.15) is 22.3 Å². The molecule has 0 aliphatic carbocycles. The summed E-state index contributed by atoms with van der Waals surface area (Å²) in [5.74, 6) is 0.485. The van der Waals surface area contributed by atoms with E-state index in [1.807, 2.05) is 12.1 Å². The smallest absolute Gasteiger partial charge is 0.416 e. The van der Waals surface area contributed by atoms with Crippen LogP contribution in [0.5, 0.6) is 5.75 Å². The van der Waals surface area contributed by atoms with Gasteiger partial charge in [0.15, 0.2) is 0 Å². The third-order valence-corrected chi connectivity index (χ3v) is 4.98. The zero-order valence-corrected chi connectivity index (χ0v) is 18.6. The van der Waals surface area contributed by atoms with E-state index in [4.69, 9.17) is 4.74 Å². The van der Waals surface area contributed by atoms with E-state index >= 15 is 0 Å². The fourth-order valence-corrected chi connectivity index (χ4v) is 3.29. The fourth-order valence-electron chi connectivity index (χ4n) is 3.29. The molecule has 2 N–H and O–H groups in total. The highest BCUT2D eigenvalue weighted by Gasteiger charge is 2.30. The number of rotatable bonds is 7. The molecule has 0 saturated heterocycles. The number of ether oxygens (including phenoxy) is 1. The van der Waals surface area contributed by atoms with Crippen LogP contribution >= 0.6 is 0 Å². The number of nitrogens with one attached hydrogen (secondary N) is 2. The molecule has 1 aromatic heterocycles. The summed E-state index contributed by atoms with van der Waals surface area (Å²) >= 11 is 0. The molecular weight excluding hydrogens is 471 g/mol. The highest BCUT2D eigenvalue weighted by atomic mass is 19.4. The molecular formula is C26H18F3N5O2. The topological polar surface area (TPSA) is 103 Å². The van der Waals surface area contributed by atoms with Crippen LogP contribution < -0.4 is 15.7 Å². The molecule has 0 amide bonds. The molecule has 4 aromatic rings. The lowest BCUT2D eigenvalue weighted by Gasteiger charge is -2.10. The molecule has 0 atom stereocenters. The molecule has 0 aliphatic heterocycles. The maximum atomic E-state index is 12.9. The van der Waals surface area contributed by atoms with Crippen molar-refractivity contribution in [1.82, 2.24) is 9.97 Å². The molecule has 7 nitrogen and oxygen atoms in total. The third-order valence-electron chi connectivity index (χ3n) is 4.98. The Morgan fingerprint density at radius 2 is 1.83 bits per heavy atom. The van der Waals surface area contributed by atoms with Gasteiger partial charge in [0, 0.05) is 5.56 Å². The van der Waals surface area contributed by atoms with Crippen LogP contribution in [-0.2, 0) is 12.8 Å². The molecule has 0 fully saturated rings. The van der Waals surface area contributed by atoms with Crippen molar-refractivity contribution < 1.29 is 17.9 Å². The second kappa shape index (κ2) is 10.6. The van der Waals surface area contributed by atoms with Crippen LogP contribution in [0.2, 0.25) is 0 Å². The summed E-state index contributed by atoms with van der Waals surface area (Å²) in [7, 11) is 0. The van der Waals surface area contributed by atoms with E-state index in [-0.39, 0.29) is 23.8 Å². The van der Waals surface area contributed by atoms with Crippen LogP contribution in [0, 0.1) is 11.3 Å². The van der Waals surface area contributed by atoms with Gasteiger partial charge in [0.1, 0.15) is 24.0 Å². The third kappa shape index (κ3) is 5.95. The van der Waals surface area contributed by atoms with Gasteiger partial charge in [0.2, 0.25) is 5.95 Å². The van der Waals surface area contributed by atoms with E-state index in [1.165, 1.54) is 12.3 Å². The molecule has 10 heteroatoms. The number of halogens is 3. The number of anilines is 1. The van der Waals surface area contributed by atoms with E-state index in [0.717, 1.165) is 12.1 Å². The maximum absolute atomic E-state index is 12.9. The van der Waals surface area contributed by atoms with Gasteiger partial charge in [-0.25, -0.2) is 10.4 Å². The Morgan fingerprint density at radius 1 is 1.06 bits per heavy atom. The van der Waals surface area contributed by atoms with E-state index in [1.54, 1.807) is 54.6 Å². The van der Waals surface area contributed by atoms with E-state index < -0.39 is 17.3 Å². The zero-order valence-electron chi connectivity index (χ0n) is 18.6. The molecule has 1 heterocycles. The second-order valence-corrected chi connectivity index (χ2v) is 7.55. The van der Waals surface area contributed by atoms with Crippen molar-refractivity contribution in [1.29, 1.82) is 5.26 Å². The standard InChI is InChI=1S/C26H18F3N5O2/c27-26(28,29)20-10-4-7-18(12-20)16-36-21-11-5-6-17(13-21)15-31-34-25-32-23(19-8-2-1-3-9-19)22(14-30)24(35)33-25/h1-13,15H,16H2,(H2,32,33,34,35). The minimum atomic E-state index is -4.42. The number of alkyl halides is 3. The van der Waals surface area contributed by atoms with Gasteiger partial charge in [-0.05, 0) is 35.4 Å². The summed E-state index contributed by atoms with van der Waals surface area (Å²) in [6.07, 6.45) is -2.97. The minimum absolute atomic E-state index is 0.0403. The van der Waals surface area contributed by atoms with Gasteiger partial charge in [0.05, 0.1) is 17.5 Å². The summed E-state index contributed by atoms with van der Waals surface area (Å²) in [5.41, 5.74) is 3.04. The summed E-state index contributed by atoms with van der Waals surface area (Å²) in [5, 5.41) is 13.4. The SMILES string of the molecule is N#Cc1c(-c2ccccc2)nc(NN=Cc2cccc(OCc3cccc(C(F)(F)F)c3)c2)[nH]c1=O. The van der Waals surface area contributed by atoms with Gasteiger partial charge < -0.3 is 4.74 Å². The fraction of sp³-hybridized carbons (Fsp3) is 0.0769.